The minimum Gasteiger partial charge on any atom is -0.490 e. The maximum Gasteiger partial charge on any atom is 0.331 e. The van der Waals surface area contributed by atoms with Gasteiger partial charge in [0.1, 0.15) is 11.9 Å². The zero-order valence-corrected chi connectivity index (χ0v) is 13.5. The van der Waals surface area contributed by atoms with Crippen LogP contribution < -0.4 is 9.47 Å². The first kappa shape index (κ1) is 18.7. The average molecular weight is 336 g/mol. The standard InChI is InChI=1S/2C7H8N2O3/c1-5-3-7(12-2)6(4-8-5)9(10)11;1-5-7(9(10)11)6(12-2)3-4-8-5/h2*3-4H,1-2H3. The van der Waals surface area contributed by atoms with Crippen LogP contribution in [-0.2, 0) is 0 Å². The van der Waals surface area contributed by atoms with Crippen LogP contribution >= 0.6 is 0 Å². The van der Waals surface area contributed by atoms with E-state index in [2.05, 4.69) is 9.97 Å². The fourth-order valence-corrected chi connectivity index (χ4v) is 1.75. The topological polar surface area (TPSA) is 131 Å². The summed E-state index contributed by atoms with van der Waals surface area (Å²) < 4.78 is 9.61. The van der Waals surface area contributed by atoms with Crippen LogP contribution in [0, 0.1) is 34.1 Å². The predicted octanol–water partition coefficient (Wildman–Crippen LogP) is 2.61. The third-order valence-electron chi connectivity index (χ3n) is 2.87. The molecule has 0 spiro atoms. The molecule has 0 fully saturated rings. The molecule has 0 bridgehead atoms. The maximum absolute atomic E-state index is 10.5. The molecule has 0 aliphatic heterocycles. The van der Waals surface area contributed by atoms with Gasteiger partial charge in [-0.15, -0.1) is 0 Å². The minimum atomic E-state index is -0.523. The van der Waals surface area contributed by atoms with Crippen LogP contribution in [0.15, 0.2) is 24.5 Å². The number of nitrogens with zero attached hydrogens (tertiary/aromatic N) is 4. The van der Waals surface area contributed by atoms with E-state index in [-0.39, 0.29) is 22.9 Å². The van der Waals surface area contributed by atoms with Crippen LogP contribution in [-0.4, -0.2) is 34.0 Å². The van der Waals surface area contributed by atoms with Gasteiger partial charge in [0.25, 0.3) is 0 Å². The van der Waals surface area contributed by atoms with Gasteiger partial charge in [-0.1, -0.05) is 0 Å². The van der Waals surface area contributed by atoms with Crippen LogP contribution in [0.2, 0.25) is 0 Å². The Morgan fingerprint density at radius 3 is 2.08 bits per heavy atom. The number of aromatic nitrogens is 2. The van der Waals surface area contributed by atoms with E-state index in [1.165, 1.54) is 38.7 Å². The molecular weight excluding hydrogens is 320 g/mol. The summed E-state index contributed by atoms with van der Waals surface area (Å²) in [6, 6.07) is 2.99. The summed E-state index contributed by atoms with van der Waals surface area (Å²) in [7, 11) is 2.78. The lowest BCUT2D eigenvalue weighted by Gasteiger charge is -2.01. The van der Waals surface area contributed by atoms with Gasteiger partial charge in [0, 0.05) is 24.0 Å². The summed E-state index contributed by atoms with van der Waals surface area (Å²) in [6.07, 6.45) is 2.66. The van der Waals surface area contributed by atoms with Crippen molar-refractivity contribution in [1.29, 1.82) is 0 Å². The molecule has 0 atom stereocenters. The molecule has 0 N–H and O–H groups in total. The van der Waals surface area contributed by atoms with E-state index in [0.29, 0.717) is 11.4 Å². The molecule has 2 aromatic heterocycles. The lowest BCUT2D eigenvalue weighted by atomic mass is 10.3. The number of nitro groups is 2. The molecule has 2 aromatic rings. The van der Waals surface area contributed by atoms with E-state index in [1.54, 1.807) is 13.8 Å². The van der Waals surface area contributed by atoms with Gasteiger partial charge < -0.3 is 9.47 Å². The van der Waals surface area contributed by atoms with Crippen molar-refractivity contribution in [3.8, 4) is 11.5 Å². The van der Waals surface area contributed by atoms with Gasteiger partial charge in [-0.2, -0.15) is 0 Å². The van der Waals surface area contributed by atoms with E-state index < -0.39 is 9.85 Å². The number of pyridine rings is 2. The molecule has 10 heteroatoms. The largest absolute Gasteiger partial charge is 0.490 e. The zero-order valence-electron chi connectivity index (χ0n) is 13.5. The summed E-state index contributed by atoms with van der Waals surface area (Å²) in [6.45, 7) is 3.31. The number of aryl methyl sites for hydroxylation is 2. The predicted molar refractivity (Wildman–Crippen MR) is 84.4 cm³/mol. The second-order valence-electron chi connectivity index (χ2n) is 4.46. The molecule has 0 aliphatic rings. The Balaban J connectivity index is 0.000000240. The van der Waals surface area contributed by atoms with Crippen LogP contribution in [0.4, 0.5) is 11.4 Å². The van der Waals surface area contributed by atoms with Crippen LogP contribution in [0.25, 0.3) is 0 Å². The molecule has 0 saturated carbocycles. The molecule has 0 radical (unpaired) electrons. The second kappa shape index (κ2) is 8.36. The van der Waals surface area contributed by atoms with Crippen molar-refractivity contribution in [2.45, 2.75) is 13.8 Å². The highest BCUT2D eigenvalue weighted by atomic mass is 16.6. The number of methoxy groups -OCH3 is 2. The van der Waals surface area contributed by atoms with Gasteiger partial charge >= 0.3 is 11.4 Å². The monoisotopic (exact) mass is 336 g/mol. The lowest BCUT2D eigenvalue weighted by molar-refractivity contribution is -0.386. The molecule has 24 heavy (non-hydrogen) atoms. The number of hydrogen-bond acceptors (Lipinski definition) is 8. The van der Waals surface area contributed by atoms with Crippen LogP contribution in [0.3, 0.4) is 0 Å². The first-order valence-electron chi connectivity index (χ1n) is 6.60. The Labute approximate surface area is 137 Å². The van der Waals surface area contributed by atoms with Crippen molar-refractivity contribution in [1.82, 2.24) is 9.97 Å². The van der Waals surface area contributed by atoms with E-state index in [1.807, 2.05) is 0 Å². The summed E-state index contributed by atoms with van der Waals surface area (Å²) >= 11 is 0. The second-order valence-corrected chi connectivity index (χ2v) is 4.46. The van der Waals surface area contributed by atoms with Crippen molar-refractivity contribution in [3.05, 3.63) is 56.1 Å². The Morgan fingerprint density at radius 1 is 1.00 bits per heavy atom. The molecule has 2 heterocycles. The molecule has 0 unspecified atom stereocenters. The van der Waals surface area contributed by atoms with Gasteiger partial charge in [0.05, 0.1) is 24.1 Å². The normalized spacial score (nSPS) is 9.50. The highest BCUT2D eigenvalue weighted by Gasteiger charge is 2.18. The van der Waals surface area contributed by atoms with E-state index >= 15 is 0 Å². The maximum atomic E-state index is 10.5. The molecule has 0 saturated heterocycles. The Bertz CT molecular complexity index is 748. The first-order chi connectivity index (χ1) is 11.3. The fraction of sp³-hybridized carbons (Fsp3) is 0.286. The minimum absolute atomic E-state index is 0.0694. The summed E-state index contributed by atoms with van der Waals surface area (Å²) in [5, 5.41) is 20.9. The van der Waals surface area contributed by atoms with Gasteiger partial charge in [-0.3, -0.25) is 30.2 Å². The summed E-state index contributed by atoms with van der Waals surface area (Å²) in [5.41, 5.74) is 0.875. The van der Waals surface area contributed by atoms with Gasteiger partial charge in [0.2, 0.25) is 0 Å². The van der Waals surface area contributed by atoms with E-state index in [4.69, 9.17) is 9.47 Å². The molecular formula is C14H16N4O6. The molecule has 10 nitrogen and oxygen atoms in total. The Hall–Kier alpha value is -3.30. The van der Waals surface area contributed by atoms with Crippen molar-refractivity contribution < 1.29 is 19.3 Å². The van der Waals surface area contributed by atoms with Crippen molar-refractivity contribution in [2.75, 3.05) is 14.2 Å². The van der Waals surface area contributed by atoms with Crippen LogP contribution in [0.1, 0.15) is 11.4 Å². The van der Waals surface area contributed by atoms with E-state index in [9.17, 15) is 20.2 Å². The Kier molecular flexibility index (Phi) is 6.53. The molecule has 0 amide bonds. The first-order valence-corrected chi connectivity index (χ1v) is 6.60. The molecule has 2 rings (SSSR count). The highest BCUT2D eigenvalue weighted by molar-refractivity contribution is 5.48. The van der Waals surface area contributed by atoms with Gasteiger partial charge in [-0.25, -0.2) is 0 Å². The smallest absolute Gasteiger partial charge is 0.331 e. The SMILES string of the molecule is COc1cc(C)ncc1[N+](=O)[O-].COc1ccnc(C)c1[N+](=O)[O-]. The van der Waals surface area contributed by atoms with Crippen molar-refractivity contribution >= 4 is 11.4 Å². The molecule has 128 valence electrons. The number of rotatable bonds is 4. The van der Waals surface area contributed by atoms with Crippen molar-refractivity contribution in [3.63, 3.8) is 0 Å². The quantitative estimate of drug-likeness (QED) is 0.615. The third-order valence-corrected chi connectivity index (χ3v) is 2.87. The lowest BCUT2D eigenvalue weighted by Crippen LogP contribution is -1.97. The Morgan fingerprint density at radius 2 is 1.62 bits per heavy atom. The van der Waals surface area contributed by atoms with Gasteiger partial charge in [-0.05, 0) is 13.8 Å². The van der Waals surface area contributed by atoms with Gasteiger partial charge in [0.15, 0.2) is 11.5 Å². The van der Waals surface area contributed by atoms with Crippen LogP contribution in [0.5, 0.6) is 11.5 Å². The fourth-order valence-electron chi connectivity index (χ4n) is 1.75. The van der Waals surface area contributed by atoms with Crippen molar-refractivity contribution in [2.24, 2.45) is 0 Å². The molecule has 0 aliphatic carbocycles. The molecule has 0 aromatic carbocycles. The third kappa shape index (κ3) is 4.60. The number of ether oxygens (including phenoxy) is 2. The highest BCUT2D eigenvalue weighted by Crippen LogP contribution is 2.27. The number of hydrogen-bond donors (Lipinski definition) is 0. The van der Waals surface area contributed by atoms with E-state index in [0.717, 1.165) is 0 Å². The average Bonchev–Trinajstić information content (AvgIpc) is 2.54. The summed E-state index contributed by atoms with van der Waals surface area (Å²) in [5.74, 6) is 0.486. The zero-order chi connectivity index (χ0) is 18.3. The summed E-state index contributed by atoms with van der Waals surface area (Å²) in [4.78, 5) is 27.4.